The van der Waals surface area contributed by atoms with Crippen LogP contribution in [0, 0.1) is 5.82 Å². The number of ether oxygens (including phenoxy) is 1. The summed E-state index contributed by atoms with van der Waals surface area (Å²) in [4.78, 5) is 0. The number of benzene rings is 2. The molecule has 0 saturated heterocycles. The smallest absolute Gasteiger partial charge is 0.128 e. The second-order valence-electron chi connectivity index (χ2n) is 5.90. The first kappa shape index (κ1) is 15.6. The molecule has 0 bridgehead atoms. The number of nitrogens with zero attached hydrogens (tertiary/aromatic N) is 1. The van der Waals surface area contributed by atoms with Gasteiger partial charge in [-0.25, -0.2) is 4.39 Å². The molecule has 0 aliphatic rings. The lowest BCUT2D eigenvalue weighted by atomic mass is 10.1. The molecule has 3 nitrogen and oxygen atoms in total. The number of para-hydroxylation sites is 1. The van der Waals surface area contributed by atoms with Gasteiger partial charge in [0.1, 0.15) is 18.2 Å². The first-order valence-corrected chi connectivity index (χ1v) is 7.80. The molecule has 0 unspecified atom stereocenters. The van der Waals surface area contributed by atoms with Gasteiger partial charge in [0.15, 0.2) is 0 Å². The van der Waals surface area contributed by atoms with E-state index < -0.39 is 0 Å². The van der Waals surface area contributed by atoms with E-state index in [1.54, 1.807) is 12.1 Å². The maximum atomic E-state index is 13.0. The summed E-state index contributed by atoms with van der Waals surface area (Å²) < 4.78 is 21.1. The number of fused-ring (bicyclic) bond motifs is 1. The minimum atomic E-state index is -0.263. The van der Waals surface area contributed by atoms with Crippen LogP contribution in [0.1, 0.15) is 31.1 Å². The van der Waals surface area contributed by atoms with Crippen LogP contribution >= 0.6 is 0 Å². The van der Waals surface area contributed by atoms with Crippen molar-refractivity contribution in [1.82, 2.24) is 4.57 Å². The van der Waals surface area contributed by atoms with Crippen molar-refractivity contribution in [2.75, 3.05) is 0 Å². The summed E-state index contributed by atoms with van der Waals surface area (Å²) >= 11 is 0. The largest absolute Gasteiger partial charge is 0.487 e. The first-order chi connectivity index (χ1) is 11.1. The lowest BCUT2D eigenvalue weighted by molar-refractivity contribution is 0.292. The Balaban J connectivity index is 1.96. The van der Waals surface area contributed by atoms with Crippen LogP contribution < -0.4 is 10.5 Å². The van der Waals surface area contributed by atoms with Crippen molar-refractivity contribution in [2.45, 2.75) is 33.0 Å². The van der Waals surface area contributed by atoms with Crippen molar-refractivity contribution in [1.29, 1.82) is 0 Å². The molecule has 0 radical (unpaired) electrons. The molecule has 3 aromatic rings. The number of hydrogen-bond donors (Lipinski definition) is 1. The fourth-order valence-electron chi connectivity index (χ4n) is 2.97. The highest BCUT2D eigenvalue weighted by atomic mass is 19.1. The standard InChI is InChI=1S/C19H21FN2O/c1-13(2)22-17(12-23-18-8-6-16(20)7-9-18)10-14-4-3-5-15(11-21)19(14)22/h3-10,13H,11-12,21H2,1-2H3. The van der Waals surface area contributed by atoms with Crippen molar-refractivity contribution in [3.63, 3.8) is 0 Å². The number of aromatic nitrogens is 1. The zero-order chi connectivity index (χ0) is 16.4. The van der Waals surface area contributed by atoms with Crippen molar-refractivity contribution in [2.24, 2.45) is 5.73 Å². The van der Waals surface area contributed by atoms with Crippen LogP contribution in [0.4, 0.5) is 4.39 Å². The van der Waals surface area contributed by atoms with Gasteiger partial charge in [-0.1, -0.05) is 18.2 Å². The van der Waals surface area contributed by atoms with E-state index in [4.69, 9.17) is 10.5 Å². The minimum absolute atomic E-state index is 0.263. The topological polar surface area (TPSA) is 40.2 Å². The highest BCUT2D eigenvalue weighted by Gasteiger charge is 2.14. The fourth-order valence-corrected chi connectivity index (χ4v) is 2.97. The summed E-state index contributed by atoms with van der Waals surface area (Å²) in [5.41, 5.74) is 9.27. The van der Waals surface area contributed by atoms with E-state index in [2.05, 4.69) is 36.6 Å². The number of nitrogens with two attached hydrogens (primary N) is 1. The molecule has 4 heteroatoms. The first-order valence-electron chi connectivity index (χ1n) is 7.80. The Bertz CT molecular complexity index is 806. The van der Waals surface area contributed by atoms with Crippen LogP contribution in [0.15, 0.2) is 48.5 Å². The zero-order valence-corrected chi connectivity index (χ0v) is 13.4. The molecule has 120 valence electrons. The van der Waals surface area contributed by atoms with E-state index in [1.807, 2.05) is 6.07 Å². The van der Waals surface area contributed by atoms with E-state index in [0.717, 1.165) is 11.3 Å². The normalized spacial score (nSPS) is 11.3. The van der Waals surface area contributed by atoms with Crippen molar-refractivity contribution < 1.29 is 9.13 Å². The van der Waals surface area contributed by atoms with E-state index >= 15 is 0 Å². The van der Waals surface area contributed by atoms with Gasteiger partial charge >= 0.3 is 0 Å². The summed E-state index contributed by atoms with van der Waals surface area (Å²) in [6.45, 7) is 5.23. The second kappa shape index (κ2) is 6.42. The minimum Gasteiger partial charge on any atom is -0.487 e. The van der Waals surface area contributed by atoms with Crippen LogP contribution in [0.25, 0.3) is 10.9 Å². The maximum absolute atomic E-state index is 13.0. The Morgan fingerprint density at radius 3 is 2.52 bits per heavy atom. The number of halogens is 1. The van der Waals surface area contributed by atoms with Gasteiger partial charge in [0.2, 0.25) is 0 Å². The molecule has 2 N–H and O–H groups in total. The summed E-state index contributed by atoms with van der Waals surface area (Å²) in [5.74, 6) is 0.396. The van der Waals surface area contributed by atoms with E-state index in [1.165, 1.54) is 23.0 Å². The Kier molecular flexibility index (Phi) is 4.35. The van der Waals surface area contributed by atoms with Gasteiger partial charge in [-0.3, -0.25) is 0 Å². The average Bonchev–Trinajstić information content (AvgIpc) is 2.93. The SMILES string of the molecule is CC(C)n1c(COc2ccc(F)cc2)cc2cccc(CN)c21. The molecule has 0 atom stereocenters. The van der Waals surface area contributed by atoms with Gasteiger partial charge in [0.05, 0.1) is 11.2 Å². The van der Waals surface area contributed by atoms with Crippen molar-refractivity contribution >= 4 is 10.9 Å². The van der Waals surface area contributed by atoms with Crippen LogP contribution in [-0.4, -0.2) is 4.57 Å². The Morgan fingerprint density at radius 1 is 1.13 bits per heavy atom. The number of rotatable bonds is 5. The highest BCUT2D eigenvalue weighted by molar-refractivity contribution is 5.84. The Labute approximate surface area is 135 Å². The summed E-state index contributed by atoms with van der Waals surface area (Å²) in [6.07, 6.45) is 0. The lowest BCUT2D eigenvalue weighted by Gasteiger charge is -2.17. The summed E-state index contributed by atoms with van der Waals surface area (Å²) in [6, 6.07) is 14.7. The van der Waals surface area contributed by atoms with Gasteiger partial charge in [0.25, 0.3) is 0 Å². The zero-order valence-electron chi connectivity index (χ0n) is 13.4. The fraction of sp³-hybridized carbons (Fsp3) is 0.263. The van der Waals surface area contributed by atoms with Gasteiger partial charge in [-0.15, -0.1) is 0 Å². The van der Waals surface area contributed by atoms with E-state index in [9.17, 15) is 4.39 Å². The third-order valence-electron chi connectivity index (χ3n) is 3.96. The molecule has 0 amide bonds. The molecule has 3 rings (SSSR count). The van der Waals surface area contributed by atoms with Crippen LogP contribution in [0.3, 0.4) is 0 Å². The molecular weight excluding hydrogens is 291 g/mol. The Morgan fingerprint density at radius 2 is 1.87 bits per heavy atom. The predicted octanol–water partition coefficient (Wildman–Crippen LogP) is 4.40. The second-order valence-corrected chi connectivity index (χ2v) is 5.90. The third kappa shape index (κ3) is 3.08. The average molecular weight is 312 g/mol. The maximum Gasteiger partial charge on any atom is 0.128 e. The van der Waals surface area contributed by atoms with Gasteiger partial charge < -0.3 is 15.0 Å². The summed E-state index contributed by atoms with van der Waals surface area (Å²) in [5, 5.41) is 1.17. The lowest BCUT2D eigenvalue weighted by Crippen LogP contribution is -2.10. The molecule has 0 spiro atoms. The van der Waals surface area contributed by atoms with E-state index in [-0.39, 0.29) is 5.82 Å². The van der Waals surface area contributed by atoms with Crippen LogP contribution in [-0.2, 0) is 13.2 Å². The van der Waals surface area contributed by atoms with Gasteiger partial charge in [-0.2, -0.15) is 0 Å². The summed E-state index contributed by atoms with van der Waals surface area (Å²) in [7, 11) is 0. The predicted molar refractivity (Wildman–Crippen MR) is 90.9 cm³/mol. The molecule has 23 heavy (non-hydrogen) atoms. The molecule has 0 saturated carbocycles. The molecule has 0 fully saturated rings. The third-order valence-corrected chi connectivity index (χ3v) is 3.96. The number of hydrogen-bond acceptors (Lipinski definition) is 2. The Hall–Kier alpha value is -2.33. The monoisotopic (exact) mass is 312 g/mol. The molecular formula is C19H21FN2O. The molecule has 1 heterocycles. The highest BCUT2D eigenvalue weighted by Crippen LogP contribution is 2.28. The molecule has 0 aliphatic heterocycles. The van der Waals surface area contributed by atoms with Gasteiger partial charge in [-0.05, 0) is 49.7 Å². The van der Waals surface area contributed by atoms with Crippen molar-refractivity contribution in [3.8, 4) is 5.75 Å². The molecule has 1 aromatic heterocycles. The quantitative estimate of drug-likeness (QED) is 0.758. The molecule has 2 aromatic carbocycles. The van der Waals surface area contributed by atoms with Crippen molar-refractivity contribution in [3.05, 3.63) is 65.6 Å². The van der Waals surface area contributed by atoms with Crippen LogP contribution in [0.2, 0.25) is 0 Å². The van der Waals surface area contributed by atoms with Gasteiger partial charge in [0, 0.05) is 18.0 Å². The molecule has 0 aliphatic carbocycles. The van der Waals surface area contributed by atoms with E-state index in [0.29, 0.717) is 24.9 Å². The van der Waals surface area contributed by atoms with Crippen LogP contribution in [0.5, 0.6) is 5.75 Å².